The number of halogens is 3. The molecule has 3 rings (SSSR count). The molecule has 28 heavy (non-hydrogen) atoms. The van der Waals surface area contributed by atoms with Crippen LogP contribution in [0.2, 0.25) is 0 Å². The SMILES string of the molecule is O=C(Nc1ccc(OC(F)(F)F)nc1)c1nccnc1NC[C@@H]1CCC[C@H]1O. The number of hydrogen-bond acceptors (Lipinski definition) is 7. The summed E-state index contributed by atoms with van der Waals surface area (Å²) in [4.78, 5) is 24.1. The van der Waals surface area contributed by atoms with Crippen LogP contribution in [0, 0.1) is 5.92 Å². The average Bonchev–Trinajstić information content (AvgIpc) is 3.05. The van der Waals surface area contributed by atoms with Gasteiger partial charge in [-0.2, -0.15) is 0 Å². The highest BCUT2D eigenvalue weighted by Crippen LogP contribution is 2.26. The zero-order valence-corrected chi connectivity index (χ0v) is 14.6. The number of anilines is 2. The molecule has 2 aromatic rings. The number of aliphatic hydroxyl groups excluding tert-OH is 1. The van der Waals surface area contributed by atoms with Crippen LogP contribution in [0.25, 0.3) is 0 Å². The van der Waals surface area contributed by atoms with E-state index in [1.165, 1.54) is 18.5 Å². The molecule has 2 aromatic heterocycles. The van der Waals surface area contributed by atoms with E-state index in [4.69, 9.17) is 0 Å². The van der Waals surface area contributed by atoms with Gasteiger partial charge in [-0.05, 0) is 18.9 Å². The van der Waals surface area contributed by atoms with E-state index in [-0.39, 0.29) is 29.2 Å². The lowest BCUT2D eigenvalue weighted by atomic mass is 10.1. The number of aromatic nitrogens is 3. The summed E-state index contributed by atoms with van der Waals surface area (Å²) >= 11 is 0. The van der Waals surface area contributed by atoms with E-state index in [9.17, 15) is 23.1 Å². The number of pyridine rings is 1. The molecule has 2 atom stereocenters. The van der Waals surface area contributed by atoms with Gasteiger partial charge in [0.05, 0.1) is 18.0 Å². The van der Waals surface area contributed by atoms with Crippen molar-refractivity contribution in [1.82, 2.24) is 15.0 Å². The first-order valence-corrected chi connectivity index (χ1v) is 8.58. The van der Waals surface area contributed by atoms with Gasteiger partial charge in [0.1, 0.15) is 0 Å². The smallest absolute Gasteiger partial charge is 0.393 e. The van der Waals surface area contributed by atoms with Crippen molar-refractivity contribution in [3.05, 3.63) is 36.4 Å². The summed E-state index contributed by atoms with van der Waals surface area (Å²) in [5.74, 6) is -0.913. The highest BCUT2D eigenvalue weighted by Gasteiger charge is 2.31. The molecule has 2 heterocycles. The molecule has 1 amide bonds. The molecule has 0 saturated heterocycles. The maximum absolute atomic E-state index is 12.5. The first kappa shape index (κ1) is 19.8. The number of alkyl halides is 3. The Hall–Kier alpha value is -2.95. The maximum atomic E-state index is 12.5. The number of aliphatic hydroxyl groups is 1. The van der Waals surface area contributed by atoms with Crippen LogP contribution < -0.4 is 15.4 Å². The number of nitrogens with one attached hydrogen (secondary N) is 2. The van der Waals surface area contributed by atoms with Gasteiger partial charge in [-0.15, -0.1) is 13.2 Å². The van der Waals surface area contributed by atoms with Gasteiger partial charge in [-0.3, -0.25) is 4.79 Å². The summed E-state index contributed by atoms with van der Waals surface area (Å²) in [6.45, 7) is 0.450. The van der Waals surface area contributed by atoms with E-state index in [1.807, 2.05) is 0 Å². The second-order valence-corrected chi connectivity index (χ2v) is 6.28. The van der Waals surface area contributed by atoms with Gasteiger partial charge in [-0.25, -0.2) is 15.0 Å². The molecule has 1 aliphatic rings. The second kappa shape index (κ2) is 8.38. The molecule has 1 aliphatic carbocycles. The predicted octanol–water partition coefficient (Wildman–Crippen LogP) is 2.60. The number of hydrogen-bond donors (Lipinski definition) is 3. The molecule has 3 N–H and O–H groups in total. The zero-order valence-electron chi connectivity index (χ0n) is 14.6. The summed E-state index contributed by atoms with van der Waals surface area (Å²) in [6, 6.07) is 2.21. The summed E-state index contributed by atoms with van der Waals surface area (Å²) in [5, 5.41) is 15.4. The van der Waals surface area contributed by atoms with E-state index in [2.05, 4.69) is 30.3 Å². The average molecular weight is 397 g/mol. The van der Waals surface area contributed by atoms with Crippen molar-refractivity contribution in [2.24, 2.45) is 5.92 Å². The molecule has 0 aliphatic heterocycles. The van der Waals surface area contributed by atoms with Gasteiger partial charge < -0.3 is 20.5 Å². The molecule has 150 valence electrons. The van der Waals surface area contributed by atoms with Crippen LogP contribution in [0.15, 0.2) is 30.7 Å². The molecule has 0 spiro atoms. The van der Waals surface area contributed by atoms with Gasteiger partial charge in [0.2, 0.25) is 5.88 Å². The van der Waals surface area contributed by atoms with Crippen molar-refractivity contribution >= 4 is 17.4 Å². The molecule has 11 heteroatoms. The summed E-state index contributed by atoms with van der Waals surface area (Å²) in [6.07, 6.45) is 1.17. The van der Waals surface area contributed by atoms with E-state index in [1.54, 1.807) is 0 Å². The standard InChI is InChI=1S/C17H18F3N5O3/c18-17(19,20)28-13-5-4-11(9-23-13)25-16(27)14-15(22-7-6-21-14)24-8-10-2-1-3-12(10)26/h4-7,9-10,12,26H,1-3,8H2,(H,22,24)(H,25,27)/t10-,12+/m0/s1. The molecule has 0 bridgehead atoms. The Morgan fingerprint density at radius 1 is 1.21 bits per heavy atom. The summed E-state index contributed by atoms with van der Waals surface area (Å²) in [5.41, 5.74) is 0.188. The molecule has 1 saturated carbocycles. The van der Waals surface area contributed by atoms with E-state index >= 15 is 0 Å². The van der Waals surface area contributed by atoms with E-state index < -0.39 is 18.1 Å². The lowest BCUT2D eigenvalue weighted by molar-refractivity contribution is -0.276. The number of carbonyl (C=O) groups excluding carboxylic acids is 1. The molecule has 0 aromatic carbocycles. The number of carbonyl (C=O) groups is 1. The highest BCUT2D eigenvalue weighted by atomic mass is 19.4. The van der Waals surface area contributed by atoms with Crippen molar-refractivity contribution in [1.29, 1.82) is 0 Å². The van der Waals surface area contributed by atoms with Crippen LogP contribution in [0.5, 0.6) is 5.88 Å². The van der Waals surface area contributed by atoms with E-state index in [0.717, 1.165) is 31.5 Å². The van der Waals surface area contributed by atoms with Gasteiger partial charge >= 0.3 is 6.36 Å². The Labute approximate surface area is 158 Å². The quantitative estimate of drug-likeness (QED) is 0.687. The third-order valence-corrected chi connectivity index (χ3v) is 4.28. The minimum absolute atomic E-state index is 0.0191. The second-order valence-electron chi connectivity index (χ2n) is 6.28. The topological polar surface area (TPSA) is 109 Å². The first-order chi connectivity index (χ1) is 13.3. The third-order valence-electron chi connectivity index (χ3n) is 4.28. The van der Waals surface area contributed by atoms with Crippen molar-refractivity contribution in [2.45, 2.75) is 31.7 Å². The molecule has 1 fully saturated rings. The van der Waals surface area contributed by atoms with Gasteiger partial charge in [0.25, 0.3) is 5.91 Å². The van der Waals surface area contributed by atoms with Crippen molar-refractivity contribution < 1.29 is 27.8 Å². The lowest BCUT2D eigenvalue weighted by Gasteiger charge is -2.16. The summed E-state index contributed by atoms with van der Waals surface area (Å²) in [7, 11) is 0. The Kier molecular flexibility index (Phi) is 5.93. The molecule has 8 nitrogen and oxygen atoms in total. The molecular weight excluding hydrogens is 379 g/mol. The zero-order chi connectivity index (χ0) is 20.1. The normalized spacial score (nSPS) is 19.3. The minimum Gasteiger partial charge on any atom is -0.393 e. The summed E-state index contributed by atoms with van der Waals surface area (Å²) < 4.78 is 40.1. The highest BCUT2D eigenvalue weighted by molar-refractivity contribution is 6.05. The van der Waals surface area contributed by atoms with E-state index in [0.29, 0.717) is 6.54 Å². The van der Waals surface area contributed by atoms with Gasteiger partial charge in [0, 0.05) is 30.9 Å². The Balaban J connectivity index is 1.64. The fourth-order valence-electron chi connectivity index (χ4n) is 2.94. The van der Waals surface area contributed by atoms with Crippen molar-refractivity contribution in [3.8, 4) is 5.88 Å². The lowest BCUT2D eigenvalue weighted by Crippen LogP contribution is -2.24. The Morgan fingerprint density at radius 3 is 2.64 bits per heavy atom. The van der Waals surface area contributed by atoms with Gasteiger partial charge in [0.15, 0.2) is 11.5 Å². The van der Waals surface area contributed by atoms with Crippen molar-refractivity contribution in [3.63, 3.8) is 0 Å². The number of amides is 1. The fraction of sp³-hybridized carbons (Fsp3) is 0.412. The third kappa shape index (κ3) is 5.28. The van der Waals surface area contributed by atoms with Crippen molar-refractivity contribution in [2.75, 3.05) is 17.2 Å². The number of rotatable bonds is 6. The van der Waals surface area contributed by atoms with Crippen LogP contribution >= 0.6 is 0 Å². The minimum atomic E-state index is -4.84. The van der Waals surface area contributed by atoms with Crippen LogP contribution in [-0.2, 0) is 0 Å². The molecule has 0 unspecified atom stereocenters. The van der Waals surface area contributed by atoms with Crippen LogP contribution in [0.4, 0.5) is 24.7 Å². The largest absolute Gasteiger partial charge is 0.574 e. The number of ether oxygens (including phenoxy) is 1. The predicted molar refractivity (Wildman–Crippen MR) is 92.7 cm³/mol. The van der Waals surface area contributed by atoms with Gasteiger partial charge in [-0.1, -0.05) is 6.42 Å². The molecular formula is C17H18F3N5O3. The number of nitrogens with zero attached hydrogens (tertiary/aromatic N) is 3. The fourth-order valence-corrected chi connectivity index (χ4v) is 2.94. The maximum Gasteiger partial charge on any atom is 0.574 e. The van der Waals surface area contributed by atoms with Crippen LogP contribution in [0.3, 0.4) is 0 Å². The first-order valence-electron chi connectivity index (χ1n) is 8.58. The van der Waals surface area contributed by atoms with Crippen LogP contribution in [0.1, 0.15) is 29.8 Å². The Bertz CT molecular complexity index is 816. The molecule has 0 radical (unpaired) electrons. The monoisotopic (exact) mass is 397 g/mol. The van der Waals surface area contributed by atoms with Crippen LogP contribution in [-0.4, -0.2) is 45.0 Å². The Morgan fingerprint density at radius 2 is 2.00 bits per heavy atom.